The molecule has 22 heavy (non-hydrogen) atoms. The molecule has 2 N–H and O–H groups in total. The highest BCUT2D eigenvalue weighted by Gasteiger charge is 2.26. The van der Waals surface area contributed by atoms with Gasteiger partial charge in [-0.15, -0.1) is 0 Å². The molecule has 0 spiro atoms. The molecule has 5 heteroatoms. The van der Waals surface area contributed by atoms with Crippen molar-refractivity contribution in [2.24, 2.45) is 5.73 Å². The van der Waals surface area contributed by atoms with Crippen molar-refractivity contribution in [2.45, 2.75) is 32.7 Å². The van der Waals surface area contributed by atoms with Crippen LogP contribution in [0.2, 0.25) is 0 Å². The number of piperidine rings is 1. The SMILES string of the molecule is Cc1nn(-c2ccccc2)c(C)c1C(=O)N1CCC(N)CC1. The highest BCUT2D eigenvalue weighted by Crippen LogP contribution is 2.21. The van der Waals surface area contributed by atoms with Crippen LogP contribution in [0, 0.1) is 13.8 Å². The van der Waals surface area contributed by atoms with E-state index in [1.165, 1.54) is 0 Å². The van der Waals surface area contributed by atoms with E-state index in [0.29, 0.717) is 0 Å². The number of rotatable bonds is 2. The van der Waals surface area contributed by atoms with Gasteiger partial charge in [-0.05, 0) is 38.8 Å². The van der Waals surface area contributed by atoms with Crippen LogP contribution in [0.25, 0.3) is 5.69 Å². The van der Waals surface area contributed by atoms with Gasteiger partial charge in [-0.3, -0.25) is 4.79 Å². The van der Waals surface area contributed by atoms with Gasteiger partial charge < -0.3 is 10.6 Å². The second kappa shape index (κ2) is 5.93. The summed E-state index contributed by atoms with van der Waals surface area (Å²) in [6.45, 7) is 5.32. The zero-order valence-corrected chi connectivity index (χ0v) is 13.1. The number of amides is 1. The molecular formula is C17H22N4O. The summed E-state index contributed by atoms with van der Waals surface area (Å²) in [6.07, 6.45) is 1.74. The van der Waals surface area contributed by atoms with Crippen LogP contribution in [0.15, 0.2) is 30.3 Å². The molecule has 3 rings (SSSR count). The Morgan fingerprint density at radius 3 is 2.45 bits per heavy atom. The molecule has 0 atom stereocenters. The van der Waals surface area contributed by atoms with Gasteiger partial charge in [0.1, 0.15) is 0 Å². The maximum Gasteiger partial charge on any atom is 0.257 e. The van der Waals surface area contributed by atoms with E-state index >= 15 is 0 Å². The van der Waals surface area contributed by atoms with Gasteiger partial charge in [-0.2, -0.15) is 5.10 Å². The van der Waals surface area contributed by atoms with Gasteiger partial charge in [-0.25, -0.2) is 4.68 Å². The molecule has 0 aliphatic carbocycles. The lowest BCUT2D eigenvalue weighted by Crippen LogP contribution is -2.43. The number of carbonyl (C=O) groups excluding carboxylic acids is 1. The van der Waals surface area contributed by atoms with Crippen LogP contribution >= 0.6 is 0 Å². The normalized spacial score (nSPS) is 16.0. The Labute approximate surface area is 130 Å². The number of para-hydroxylation sites is 1. The lowest BCUT2D eigenvalue weighted by Gasteiger charge is -2.30. The van der Waals surface area contributed by atoms with E-state index in [0.717, 1.165) is 48.6 Å². The number of likely N-dealkylation sites (tertiary alicyclic amines) is 1. The molecule has 1 aliphatic heterocycles. The van der Waals surface area contributed by atoms with Crippen LogP contribution in [-0.2, 0) is 0 Å². The van der Waals surface area contributed by atoms with E-state index < -0.39 is 0 Å². The Hall–Kier alpha value is -2.14. The van der Waals surface area contributed by atoms with Gasteiger partial charge >= 0.3 is 0 Å². The van der Waals surface area contributed by atoms with Crippen LogP contribution in [-0.4, -0.2) is 39.7 Å². The quantitative estimate of drug-likeness (QED) is 0.923. The van der Waals surface area contributed by atoms with Gasteiger partial charge in [-0.1, -0.05) is 18.2 Å². The van der Waals surface area contributed by atoms with E-state index in [4.69, 9.17) is 5.73 Å². The van der Waals surface area contributed by atoms with Crippen molar-refractivity contribution in [2.75, 3.05) is 13.1 Å². The fourth-order valence-corrected chi connectivity index (χ4v) is 3.03. The van der Waals surface area contributed by atoms with Crippen molar-refractivity contribution in [3.05, 3.63) is 47.3 Å². The van der Waals surface area contributed by atoms with E-state index in [-0.39, 0.29) is 11.9 Å². The molecule has 0 radical (unpaired) electrons. The molecule has 0 saturated carbocycles. The van der Waals surface area contributed by atoms with E-state index in [9.17, 15) is 4.79 Å². The zero-order valence-electron chi connectivity index (χ0n) is 13.1. The maximum atomic E-state index is 12.8. The van der Waals surface area contributed by atoms with E-state index in [2.05, 4.69) is 5.10 Å². The summed E-state index contributed by atoms with van der Waals surface area (Å²) >= 11 is 0. The van der Waals surface area contributed by atoms with Crippen LogP contribution in [0.1, 0.15) is 34.6 Å². The largest absolute Gasteiger partial charge is 0.338 e. The van der Waals surface area contributed by atoms with Gasteiger partial charge in [0.05, 0.1) is 22.6 Å². The summed E-state index contributed by atoms with van der Waals surface area (Å²) in [6, 6.07) is 10.1. The third-order valence-electron chi connectivity index (χ3n) is 4.33. The number of nitrogens with two attached hydrogens (primary N) is 1. The lowest BCUT2D eigenvalue weighted by molar-refractivity contribution is 0.0713. The molecule has 0 bridgehead atoms. The Kier molecular flexibility index (Phi) is 3.98. The second-order valence-corrected chi connectivity index (χ2v) is 5.92. The van der Waals surface area contributed by atoms with Crippen molar-refractivity contribution < 1.29 is 4.79 Å². The molecule has 1 aliphatic rings. The first kappa shape index (κ1) is 14.8. The summed E-state index contributed by atoms with van der Waals surface area (Å²) in [7, 11) is 0. The molecule has 2 heterocycles. The van der Waals surface area contributed by atoms with Crippen molar-refractivity contribution in [1.29, 1.82) is 0 Å². The fraction of sp³-hybridized carbons (Fsp3) is 0.412. The molecule has 1 aromatic carbocycles. The summed E-state index contributed by atoms with van der Waals surface area (Å²) in [4.78, 5) is 14.7. The molecule has 1 saturated heterocycles. The zero-order chi connectivity index (χ0) is 15.7. The highest BCUT2D eigenvalue weighted by molar-refractivity contribution is 5.96. The van der Waals surface area contributed by atoms with Crippen LogP contribution in [0.4, 0.5) is 0 Å². The van der Waals surface area contributed by atoms with Crippen molar-refractivity contribution in [3.63, 3.8) is 0 Å². The minimum atomic E-state index is 0.0732. The van der Waals surface area contributed by atoms with Crippen LogP contribution in [0.3, 0.4) is 0 Å². The first-order valence-corrected chi connectivity index (χ1v) is 7.74. The monoisotopic (exact) mass is 298 g/mol. The smallest absolute Gasteiger partial charge is 0.257 e. The second-order valence-electron chi connectivity index (χ2n) is 5.92. The van der Waals surface area contributed by atoms with Gasteiger partial charge in [0.15, 0.2) is 0 Å². The Balaban J connectivity index is 1.91. The van der Waals surface area contributed by atoms with E-state index in [1.807, 2.05) is 53.8 Å². The summed E-state index contributed by atoms with van der Waals surface area (Å²) in [5.74, 6) is 0.0732. The molecule has 2 aromatic rings. The van der Waals surface area contributed by atoms with Crippen molar-refractivity contribution in [1.82, 2.24) is 14.7 Å². The van der Waals surface area contributed by atoms with Crippen molar-refractivity contribution in [3.8, 4) is 5.69 Å². The predicted octanol–water partition coefficient (Wildman–Crippen LogP) is 2.05. The Bertz CT molecular complexity index is 669. The van der Waals surface area contributed by atoms with E-state index in [1.54, 1.807) is 0 Å². The summed E-state index contributed by atoms with van der Waals surface area (Å²) < 4.78 is 1.85. The summed E-state index contributed by atoms with van der Waals surface area (Å²) in [5.41, 5.74) is 9.29. The minimum absolute atomic E-state index is 0.0732. The number of aromatic nitrogens is 2. The molecule has 116 valence electrons. The summed E-state index contributed by atoms with van der Waals surface area (Å²) in [5, 5.41) is 4.56. The number of benzene rings is 1. The Morgan fingerprint density at radius 1 is 1.18 bits per heavy atom. The lowest BCUT2D eigenvalue weighted by atomic mass is 10.0. The van der Waals surface area contributed by atoms with Gasteiger partial charge in [0.2, 0.25) is 0 Å². The Morgan fingerprint density at radius 2 is 1.82 bits per heavy atom. The minimum Gasteiger partial charge on any atom is -0.338 e. The first-order valence-electron chi connectivity index (χ1n) is 7.74. The predicted molar refractivity (Wildman–Crippen MR) is 86.2 cm³/mol. The number of carbonyl (C=O) groups is 1. The van der Waals surface area contributed by atoms with Gasteiger partial charge in [0.25, 0.3) is 5.91 Å². The number of nitrogens with zero attached hydrogens (tertiary/aromatic N) is 3. The molecule has 1 aromatic heterocycles. The van der Waals surface area contributed by atoms with Crippen LogP contribution < -0.4 is 5.73 Å². The molecule has 5 nitrogen and oxygen atoms in total. The maximum absolute atomic E-state index is 12.8. The topological polar surface area (TPSA) is 64.2 Å². The third-order valence-corrected chi connectivity index (χ3v) is 4.33. The standard InChI is InChI=1S/C17H22N4O/c1-12-16(17(22)20-10-8-14(18)9-11-20)13(2)21(19-12)15-6-4-3-5-7-15/h3-7,14H,8-11,18H2,1-2H3. The average molecular weight is 298 g/mol. The number of aryl methyl sites for hydroxylation is 1. The number of hydrogen-bond acceptors (Lipinski definition) is 3. The molecule has 0 unspecified atom stereocenters. The molecular weight excluding hydrogens is 276 g/mol. The van der Waals surface area contributed by atoms with Gasteiger partial charge in [0, 0.05) is 19.1 Å². The van der Waals surface area contributed by atoms with Crippen molar-refractivity contribution >= 4 is 5.91 Å². The highest BCUT2D eigenvalue weighted by atomic mass is 16.2. The average Bonchev–Trinajstić information content (AvgIpc) is 2.83. The van der Waals surface area contributed by atoms with Crippen LogP contribution in [0.5, 0.6) is 0 Å². The first-order chi connectivity index (χ1) is 10.6. The number of hydrogen-bond donors (Lipinski definition) is 1. The molecule has 1 fully saturated rings. The molecule has 1 amide bonds. The third kappa shape index (κ3) is 2.64. The fourth-order valence-electron chi connectivity index (χ4n) is 3.03.